The molecule has 0 amide bonds. The first kappa shape index (κ1) is 58.9. The molecular weight excluding hydrogens is 741 g/mol. The number of hydrogen-bond acceptors (Lipinski definition) is 5. The summed E-state index contributed by atoms with van der Waals surface area (Å²) in [5.41, 5.74) is 0. The first-order valence-corrected chi connectivity index (χ1v) is 27.6. The van der Waals surface area contributed by atoms with E-state index in [-0.39, 0.29) is 31.3 Å². The largest absolute Gasteiger partial charge is 0.463 e. The Bertz CT molecular complexity index is 830. The fourth-order valence-electron chi connectivity index (χ4n) is 8.49. The fraction of sp³-hybridized carbons (Fsp3) is 0.964. The van der Waals surface area contributed by atoms with E-state index in [1.807, 2.05) is 0 Å². The maximum absolute atomic E-state index is 12.6. The van der Waals surface area contributed by atoms with Gasteiger partial charge in [-0.2, -0.15) is 0 Å². The van der Waals surface area contributed by atoms with Crippen molar-refractivity contribution in [3.05, 3.63) is 0 Å². The Morgan fingerprint density at radius 2 is 0.483 bits per heavy atom. The second-order valence-electron chi connectivity index (χ2n) is 18.9. The zero-order valence-corrected chi connectivity index (χ0v) is 41.3. The summed E-state index contributed by atoms with van der Waals surface area (Å²) >= 11 is 0. The van der Waals surface area contributed by atoms with Crippen LogP contribution in [-0.2, 0) is 23.8 Å². The summed E-state index contributed by atoms with van der Waals surface area (Å²) in [5, 5.41) is 0. The number of carbonyl (C=O) groups is 2. The lowest BCUT2D eigenvalue weighted by atomic mass is 10.0. The number of esters is 2. The normalized spacial score (nSPS) is 12.0. The molecule has 0 heterocycles. The van der Waals surface area contributed by atoms with Crippen LogP contribution >= 0.6 is 0 Å². The highest BCUT2D eigenvalue weighted by Crippen LogP contribution is 2.17. The highest BCUT2D eigenvalue weighted by atomic mass is 16.6. The van der Waals surface area contributed by atoms with Crippen LogP contribution in [0.1, 0.15) is 316 Å². The van der Waals surface area contributed by atoms with Gasteiger partial charge in [-0.1, -0.05) is 284 Å². The topological polar surface area (TPSA) is 61.8 Å². The van der Waals surface area contributed by atoms with Gasteiger partial charge in [-0.25, -0.2) is 0 Å². The van der Waals surface area contributed by atoms with E-state index in [1.54, 1.807) is 0 Å². The van der Waals surface area contributed by atoms with Crippen LogP contribution in [0.4, 0.5) is 0 Å². The molecule has 0 aromatic heterocycles. The predicted octanol–water partition coefficient (Wildman–Crippen LogP) is 18.5. The maximum Gasteiger partial charge on any atom is 0.305 e. The van der Waals surface area contributed by atoms with Crippen molar-refractivity contribution >= 4 is 11.9 Å². The van der Waals surface area contributed by atoms with Crippen LogP contribution in [0.25, 0.3) is 0 Å². The third kappa shape index (κ3) is 49.6. The Labute approximate surface area is 376 Å². The minimum absolute atomic E-state index is 0.154. The van der Waals surface area contributed by atoms with E-state index in [2.05, 4.69) is 20.8 Å². The van der Waals surface area contributed by atoms with E-state index in [0.717, 1.165) is 38.5 Å². The number of hydrogen-bond donors (Lipinski definition) is 0. The molecule has 0 radical (unpaired) electrons. The zero-order chi connectivity index (χ0) is 43.5. The predicted molar refractivity (Wildman–Crippen MR) is 261 cm³/mol. The SMILES string of the molecule is CCCCCCCCCCCCCCCCCCO[C@@H](COC(=O)CCCCCCCCCCCCCCC)COC(=O)CCCCCCCCCCCCCCCCC. The van der Waals surface area contributed by atoms with Gasteiger partial charge >= 0.3 is 11.9 Å². The number of rotatable bonds is 52. The lowest BCUT2D eigenvalue weighted by molar-refractivity contribution is -0.155. The molecule has 0 N–H and O–H groups in total. The summed E-state index contributed by atoms with van der Waals surface area (Å²) in [6.45, 7) is 7.81. The molecule has 0 aromatic rings. The van der Waals surface area contributed by atoms with E-state index < -0.39 is 0 Å². The van der Waals surface area contributed by atoms with E-state index in [1.165, 1.54) is 244 Å². The van der Waals surface area contributed by atoms with Gasteiger partial charge in [0.05, 0.1) is 0 Å². The van der Waals surface area contributed by atoms with Gasteiger partial charge in [-0.3, -0.25) is 9.59 Å². The number of unbranched alkanes of at least 4 members (excludes halogenated alkanes) is 41. The molecule has 0 fully saturated rings. The fourth-order valence-corrected chi connectivity index (χ4v) is 8.49. The van der Waals surface area contributed by atoms with Crippen molar-refractivity contribution in [1.29, 1.82) is 0 Å². The van der Waals surface area contributed by atoms with Crippen molar-refractivity contribution in [3.63, 3.8) is 0 Å². The van der Waals surface area contributed by atoms with Crippen LogP contribution in [-0.4, -0.2) is 37.9 Å². The van der Waals surface area contributed by atoms with E-state index >= 15 is 0 Å². The molecule has 0 saturated carbocycles. The average Bonchev–Trinajstić information content (AvgIpc) is 3.25. The van der Waals surface area contributed by atoms with Crippen LogP contribution in [0.3, 0.4) is 0 Å². The Morgan fingerprint density at radius 3 is 0.717 bits per heavy atom. The second-order valence-corrected chi connectivity index (χ2v) is 18.9. The molecule has 1 atom stereocenters. The first-order chi connectivity index (χ1) is 29.6. The highest BCUT2D eigenvalue weighted by Gasteiger charge is 2.16. The minimum Gasteiger partial charge on any atom is -0.463 e. The Morgan fingerprint density at radius 1 is 0.283 bits per heavy atom. The van der Waals surface area contributed by atoms with Gasteiger partial charge in [0.15, 0.2) is 0 Å². The molecule has 0 aliphatic heterocycles. The summed E-state index contributed by atoms with van der Waals surface area (Å²) in [7, 11) is 0. The first-order valence-electron chi connectivity index (χ1n) is 27.6. The van der Waals surface area contributed by atoms with E-state index in [4.69, 9.17) is 14.2 Å². The lowest BCUT2D eigenvalue weighted by Crippen LogP contribution is -2.29. The van der Waals surface area contributed by atoms with Gasteiger partial charge in [-0.05, 0) is 19.3 Å². The van der Waals surface area contributed by atoms with Gasteiger partial charge in [0, 0.05) is 19.4 Å². The molecule has 0 saturated heterocycles. The standard InChI is InChI=1S/C55H108O5/c1-4-7-10-13-16-19-22-25-27-29-32-35-38-41-44-47-50-58-53(51-59-54(56)48-45-42-39-36-33-30-24-21-18-15-12-9-6-3)52-60-55(57)49-46-43-40-37-34-31-28-26-23-20-17-14-11-8-5-2/h53H,4-52H2,1-3H3/t53-/m0/s1. The van der Waals surface area contributed by atoms with Crippen molar-refractivity contribution in [3.8, 4) is 0 Å². The number of ether oxygens (including phenoxy) is 3. The molecule has 5 nitrogen and oxygen atoms in total. The highest BCUT2D eigenvalue weighted by molar-refractivity contribution is 5.69. The van der Waals surface area contributed by atoms with Crippen LogP contribution in [0.5, 0.6) is 0 Å². The lowest BCUT2D eigenvalue weighted by Gasteiger charge is -2.18. The van der Waals surface area contributed by atoms with Crippen molar-refractivity contribution in [2.24, 2.45) is 0 Å². The van der Waals surface area contributed by atoms with Crippen molar-refractivity contribution < 1.29 is 23.8 Å². The van der Waals surface area contributed by atoms with Gasteiger partial charge in [0.1, 0.15) is 19.3 Å². The second kappa shape index (κ2) is 52.2. The van der Waals surface area contributed by atoms with E-state index in [9.17, 15) is 9.59 Å². The molecule has 0 aromatic carbocycles. The van der Waals surface area contributed by atoms with Gasteiger partial charge in [0.2, 0.25) is 0 Å². The Kier molecular flexibility index (Phi) is 51.3. The number of carbonyl (C=O) groups excluding carboxylic acids is 2. The Hall–Kier alpha value is -1.10. The van der Waals surface area contributed by atoms with Crippen molar-refractivity contribution in [2.45, 2.75) is 322 Å². The van der Waals surface area contributed by atoms with Gasteiger partial charge < -0.3 is 14.2 Å². The maximum atomic E-state index is 12.6. The van der Waals surface area contributed by atoms with Crippen LogP contribution in [0.2, 0.25) is 0 Å². The molecule has 0 bridgehead atoms. The molecule has 60 heavy (non-hydrogen) atoms. The molecule has 358 valence electrons. The monoisotopic (exact) mass is 849 g/mol. The third-order valence-electron chi connectivity index (χ3n) is 12.7. The molecule has 5 heteroatoms. The summed E-state index contributed by atoms with van der Waals surface area (Å²) in [4.78, 5) is 25.2. The summed E-state index contributed by atoms with van der Waals surface area (Å²) in [6.07, 6.45) is 58.5. The molecule has 0 rings (SSSR count). The third-order valence-corrected chi connectivity index (χ3v) is 12.7. The molecule has 0 aliphatic rings. The molecule has 0 spiro atoms. The smallest absolute Gasteiger partial charge is 0.305 e. The Balaban J connectivity index is 4.18. The minimum atomic E-state index is -0.387. The van der Waals surface area contributed by atoms with Gasteiger partial charge in [0.25, 0.3) is 0 Å². The summed E-state index contributed by atoms with van der Waals surface area (Å²) in [5.74, 6) is -0.308. The van der Waals surface area contributed by atoms with Crippen molar-refractivity contribution in [1.82, 2.24) is 0 Å². The average molecular weight is 849 g/mol. The van der Waals surface area contributed by atoms with Crippen LogP contribution < -0.4 is 0 Å². The zero-order valence-electron chi connectivity index (χ0n) is 41.3. The molecular formula is C55H108O5. The quantitative estimate of drug-likeness (QED) is 0.0451. The summed E-state index contributed by atoms with van der Waals surface area (Å²) < 4.78 is 17.5. The summed E-state index contributed by atoms with van der Waals surface area (Å²) in [6, 6.07) is 0. The van der Waals surface area contributed by atoms with Gasteiger partial charge in [-0.15, -0.1) is 0 Å². The molecule has 0 aliphatic carbocycles. The van der Waals surface area contributed by atoms with Crippen molar-refractivity contribution in [2.75, 3.05) is 19.8 Å². The van der Waals surface area contributed by atoms with Crippen LogP contribution in [0, 0.1) is 0 Å². The van der Waals surface area contributed by atoms with E-state index in [0.29, 0.717) is 19.4 Å². The molecule has 0 unspecified atom stereocenters. The van der Waals surface area contributed by atoms with Crippen LogP contribution in [0.15, 0.2) is 0 Å².